The zero-order chi connectivity index (χ0) is 10.6. The summed E-state index contributed by atoms with van der Waals surface area (Å²) in [5, 5.41) is 8.84. The third-order valence-corrected chi connectivity index (χ3v) is 2.48. The van der Waals surface area contributed by atoms with Gasteiger partial charge in [-0.3, -0.25) is 0 Å². The molecule has 0 aliphatic rings. The Morgan fingerprint density at radius 3 is 2.79 bits per heavy atom. The summed E-state index contributed by atoms with van der Waals surface area (Å²) in [7, 11) is 3.56. The number of methoxy groups -OCH3 is 1. The first-order valence-corrected chi connectivity index (χ1v) is 5.14. The highest BCUT2D eigenvalue weighted by atomic mass is 79.9. The van der Waals surface area contributed by atoms with Gasteiger partial charge in [-0.05, 0) is 18.2 Å². The van der Waals surface area contributed by atoms with Gasteiger partial charge in [0.25, 0.3) is 0 Å². The lowest BCUT2D eigenvalue weighted by molar-refractivity contribution is 0.303. The predicted octanol–water partition coefficient (Wildman–Crippen LogP) is 1.89. The van der Waals surface area contributed by atoms with E-state index in [4.69, 9.17) is 9.84 Å². The molecule has 1 N–H and O–H groups in total. The van der Waals surface area contributed by atoms with E-state index in [0.29, 0.717) is 6.54 Å². The van der Waals surface area contributed by atoms with Crippen molar-refractivity contribution in [2.24, 2.45) is 0 Å². The molecule has 78 valence electrons. The van der Waals surface area contributed by atoms with Crippen LogP contribution < -0.4 is 9.64 Å². The van der Waals surface area contributed by atoms with Gasteiger partial charge < -0.3 is 14.7 Å². The Bertz CT molecular complexity index is 304. The first-order chi connectivity index (χ1) is 6.69. The summed E-state index contributed by atoms with van der Waals surface area (Å²) in [5.74, 6) is 0.809. The molecule has 1 aromatic carbocycles. The number of halogens is 1. The fraction of sp³-hybridized carbons (Fsp3) is 0.400. The molecule has 0 saturated carbocycles. The molecule has 0 unspecified atom stereocenters. The third-order valence-electron chi connectivity index (χ3n) is 1.99. The zero-order valence-corrected chi connectivity index (χ0v) is 9.91. The van der Waals surface area contributed by atoms with Crippen LogP contribution >= 0.6 is 15.9 Å². The third kappa shape index (κ3) is 2.62. The van der Waals surface area contributed by atoms with Gasteiger partial charge in [0.2, 0.25) is 0 Å². The maximum atomic E-state index is 8.84. The summed E-state index contributed by atoms with van der Waals surface area (Å²) >= 11 is 3.40. The number of hydrogen-bond acceptors (Lipinski definition) is 3. The van der Waals surface area contributed by atoms with Crippen LogP contribution in [0.3, 0.4) is 0 Å². The van der Waals surface area contributed by atoms with E-state index in [-0.39, 0.29) is 6.61 Å². The Balaban J connectivity index is 2.97. The van der Waals surface area contributed by atoms with Crippen LogP contribution in [0.5, 0.6) is 5.75 Å². The Labute approximate surface area is 92.4 Å². The van der Waals surface area contributed by atoms with E-state index in [9.17, 15) is 0 Å². The summed E-state index contributed by atoms with van der Waals surface area (Å²) in [6.45, 7) is 0.721. The summed E-state index contributed by atoms with van der Waals surface area (Å²) in [5.41, 5.74) is 0.968. The summed E-state index contributed by atoms with van der Waals surface area (Å²) in [6, 6.07) is 5.79. The van der Waals surface area contributed by atoms with Crippen molar-refractivity contribution in [1.82, 2.24) is 0 Å². The standard InChI is InChI=1S/C10H14BrNO2/c1-12(5-6-13)9-7-8(11)3-4-10(9)14-2/h3-4,7,13H,5-6H2,1-2H3. The van der Waals surface area contributed by atoms with E-state index < -0.39 is 0 Å². The lowest BCUT2D eigenvalue weighted by Gasteiger charge is -2.20. The van der Waals surface area contributed by atoms with Crippen molar-refractivity contribution in [1.29, 1.82) is 0 Å². The number of anilines is 1. The number of rotatable bonds is 4. The second-order valence-electron chi connectivity index (χ2n) is 2.96. The smallest absolute Gasteiger partial charge is 0.142 e. The first-order valence-electron chi connectivity index (χ1n) is 4.34. The van der Waals surface area contributed by atoms with Crippen LogP contribution in [0.15, 0.2) is 22.7 Å². The van der Waals surface area contributed by atoms with Crippen molar-refractivity contribution in [2.75, 3.05) is 32.2 Å². The van der Waals surface area contributed by atoms with E-state index >= 15 is 0 Å². The van der Waals surface area contributed by atoms with E-state index in [1.54, 1.807) is 7.11 Å². The fourth-order valence-corrected chi connectivity index (χ4v) is 1.58. The predicted molar refractivity (Wildman–Crippen MR) is 61.0 cm³/mol. The molecule has 0 fully saturated rings. The van der Waals surface area contributed by atoms with Gasteiger partial charge in [-0.1, -0.05) is 15.9 Å². The lowest BCUT2D eigenvalue weighted by atomic mass is 10.2. The minimum Gasteiger partial charge on any atom is -0.495 e. The van der Waals surface area contributed by atoms with Crippen LogP contribution in [0.4, 0.5) is 5.69 Å². The molecule has 0 spiro atoms. The van der Waals surface area contributed by atoms with Crippen LogP contribution in [0.25, 0.3) is 0 Å². The SMILES string of the molecule is COc1ccc(Br)cc1N(C)CCO. The quantitative estimate of drug-likeness (QED) is 0.897. The Kier molecular flexibility index (Phi) is 4.22. The van der Waals surface area contributed by atoms with E-state index in [0.717, 1.165) is 15.9 Å². The van der Waals surface area contributed by atoms with E-state index in [1.807, 2.05) is 30.1 Å². The number of likely N-dealkylation sites (N-methyl/N-ethyl adjacent to an activating group) is 1. The molecular weight excluding hydrogens is 246 g/mol. The molecule has 0 amide bonds. The molecule has 0 radical (unpaired) electrons. The molecule has 0 heterocycles. The second-order valence-corrected chi connectivity index (χ2v) is 3.88. The monoisotopic (exact) mass is 259 g/mol. The molecule has 14 heavy (non-hydrogen) atoms. The van der Waals surface area contributed by atoms with Crippen LogP contribution in [-0.2, 0) is 0 Å². The summed E-state index contributed by atoms with van der Waals surface area (Å²) in [6.07, 6.45) is 0. The van der Waals surface area contributed by atoms with Gasteiger partial charge in [0.1, 0.15) is 5.75 Å². The average molecular weight is 260 g/mol. The van der Waals surface area contributed by atoms with Crippen molar-refractivity contribution >= 4 is 21.6 Å². The molecule has 0 atom stereocenters. The first kappa shape index (κ1) is 11.3. The van der Waals surface area contributed by atoms with Crippen molar-refractivity contribution in [3.05, 3.63) is 22.7 Å². The lowest BCUT2D eigenvalue weighted by Crippen LogP contribution is -2.21. The van der Waals surface area contributed by atoms with Gasteiger partial charge in [0, 0.05) is 18.1 Å². The topological polar surface area (TPSA) is 32.7 Å². The van der Waals surface area contributed by atoms with E-state index in [1.165, 1.54) is 0 Å². The summed E-state index contributed by atoms with van der Waals surface area (Å²) < 4.78 is 6.22. The van der Waals surface area contributed by atoms with E-state index in [2.05, 4.69) is 15.9 Å². The molecule has 1 rings (SSSR count). The molecule has 1 aromatic rings. The van der Waals surface area contributed by atoms with Gasteiger partial charge >= 0.3 is 0 Å². The normalized spacial score (nSPS) is 10.0. The Morgan fingerprint density at radius 1 is 1.50 bits per heavy atom. The maximum absolute atomic E-state index is 8.84. The molecule has 0 saturated heterocycles. The van der Waals surface area contributed by atoms with Gasteiger partial charge in [0.05, 0.1) is 19.4 Å². The number of benzene rings is 1. The summed E-state index contributed by atoms with van der Waals surface area (Å²) in [4.78, 5) is 1.95. The highest BCUT2D eigenvalue weighted by Crippen LogP contribution is 2.30. The molecule has 3 nitrogen and oxygen atoms in total. The van der Waals surface area contributed by atoms with Gasteiger partial charge in [-0.2, -0.15) is 0 Å². The maximum Gasteiger partial charge on any atom is 0.142 e. The molecule has 0 aliphatic carbocycles. The molecule has 0 aliphatic heterocycles. The zero-order valence-electron chi connectivity index (χ0n) is 8.33. The highest BCUT2D eigenvalue weighted by molar-refractivity contribution is 9.10. The number of ether oxygens (including phenoxy) is 1. The van der Waals surface area contributed by atoms with Crippen LogP contribution in [-0.4, -0.2) is 32.4 Å². The van der Waals surface area contributed by atoms with Gasteiger partial charge in [-0.15, -0.1) is 0 Å². The molecular formula is C10H14BrNO2. The van der Waals surface area contributed by atoms with Crippen molar-refractivity contribution in [3.8, 4) is 5.75 Å². The van der Waals surface area contributed by atoms with Crippen LogP contribution in [0.1, 0.15) is 0 Å². The largest absolute Gasteiger partial charge is 0.495 e. The number of nitrogens with zero attached hydrogens (tertiary/aromatic N) is 1. The van der Waals surface area contributed by atoms with Crippen molar-refractivity contribution < 1.29 is 9.84 Å². The molecule has 0 bridgehead atoms. The van der Waals surface area contributed by atoms with Gasteiger partial charge in [0.15, 0.2) is 0 Å². The van der Waals surface area contributed by atoms with Gasteiger partial charge in [-0.25, -0.2) is 0 Å². The molecule has 4 heteroatoms. The number of aliphatic hydroxyl groups excluding tert-OH is 1. The fourth-order valence-electron chi connectivity index (χ4n) is 1.23. The molecule has 0 aromatic heterocycles. The minimum atomic E-state index is 0.131. The number of aliphatic hydroxyl groups is 1. The Hall–Kier alpha value is -0.740. The van der Waals surface area contributed by atoms with Crippen LogP contribution in [0, 0.1) is 0 Å². The Morgan fingerprint density at radius 2 is 2.21 bits per heavy atom. The number of hydrogen-bond donors (Lipinski definition) is 1. The van der Waals surface area contributed by atoms with Crippen molar-refractivity contribution in [3.63, 3.8) is 0 Å². The average Bonchev–Trinajstić information content (AvgIpc) is 2.18. The van der Waals surface area contributed by atoms with Crippen molar-refractivity contribution in [2.45, 2.75) is 0 Å². The minimum absolute atomic E-state index is 0.131. The highest BCUT2D eigenvalue weighted by Gasteiger charge is 2.07. The second kappa shape index (κ2) is 5.22. The van der Waals surface area contributed by atoms with Crippen LogP contribution in [0.2, 0.25) is 0 Å².